The number of amides is 1. The van der Waals surface area contributed by atoms with E-state index in [1.165, 1.54) is 12.1 Å². The Morgan fingerprint density at radius 1 is 1.14 bits per heavy atom. The van der Waals surface area contributed by atoms with Gasteiger partial charge in [0.25, 0.3) is 0 Å². The van der Waals surface area contributed by atoms with Crippen molar-refractivity contribution in [2.45, 2.75) is 6.42 Å². The van der Waals surface area contributed by atoms with E-state index in [4.69, 9.17) is 5.11 Å². The lowest BCUT2D eigenvalue weighted by Crippen LogP contribution is -2.50. The third-order valence-corrected chi connectivity index (χ3v) is 3.46. The molecule has 1 saturated heterocycles. The fourth-order valence-corrected chi connectivity index (χ4v) is 2.31. The van der Waals surface area contributed by atoms with E-state index in [0.29, 0.717) is 26.2 Å². The molecule has 0 bridgehead atoms. The van der Waals surface area contributed by atoms with Crippen LogP contribution in [0.4, 0.5) is 8.78 Å². The van der Waals surface area contributed by atoms with Gasteiger partial charge in [0.05, 0.1) is 13.0 Å². The van der Waals surface area contributed by atoms with Crippen LogP contribution in [0.5, 0.6) is 0 Å². The van der Waals surface area contributed by atoms with Crippen LogP contribution in [-0.2, 0) is 16.0 Å². The zero-order valence-corrected chi connectivity index (χ0v) is 11.4. The summed E-state index contributed by atoms with van der Waals surface area (Å²) in [6.07, 6.45) is -0.192. The van der Waals surface area contributed by atoms with Gasteiger partial charge in [0.2, 0.25) is 5.91 Å². The van der Waals surface area contributed by atoms with Crippen molar-refractivity contribution in [3.8, 4) is 0 Å². The molecular formula is C14H16F2N2O3. The minimum absolute atomic E-state index is 0.0352. The van der Waals surface area contributed by atoms with Gasteiger partial charge in [0.15, 0.2) is 11.6 Å². The van der Waals surface area contributed by atoms with Crippen LogP contribution in [0.25, 0.3) is 0 Å². The summed E-state index contributed by atoms with van der Waals surface area (Å²) in [6.45, 7) is 1.65. The van der Waals surface area contributed by atoms with E-state index in [1.54, 1.807) is 9.80 Å². The minimum Gasteiger partial charge on any atom is -0.480 e. The third-order valence-electron chi connectivity index (χ3n) is 3.46. The van der Waals surface area contributed by atoms with Crippen LogP contribution in [0.1, 0.15) is 5.56 Å². The van der Waals surface area contributed by atoms with Crippen LogP contribution in [0, 0.1) is 11.6 Å². The molecule has 1 aliphatic rings. The molecule has 1 amide bonds. The summed E-state index contributed by atoms with van der Waals surface area (Å²) in [7, 11) is 0. The maximum Gasteiger partial charge on any atom is 0.317 e. The number of hydrogen-bond acceptors (Lipinski definition) is 3. The number of aliphatic carboxylic acids is 1. The summed E-state index contributed by atoms with van der Waals surface area (Å²) in [6, 6.07) is 3.76. The molecule has 0 aromatic heterocycles. The summed E-state index contributed by atoms with van der Waals surface area (Å²) in [5.41, 5.74) is 0.0352. The molecule has 0 aliphatic carbocycles. The number of carboxylic acids is 1. The van der Waals surface area contributed by atoms with E-state index in [2.05, 4.69) is 0 Å². The van der Waals surface area contributed by atoms with Crippen LogP contribution in [0.15, 0.2) is 18.2 Å². The minimum atomic E-state index is -0.990. The van der Waals surface area contributed by atoms with Gasteiger partial charge in [-0.15, -0.1) is 0 Å². The first-order valence-corrected chi connectivity index (χ1v) is 6.62. The highest BCUT2D eigenvalue weighted by Crippen LogP contribution is 2.13. The maximum atomic E-state index is 13.5. The van der Waals surface area contributed by atoms with Gasteiger partial charge in [-0.3, -0.25) is 14.5 Å². The lowest BCUT2D eigenvalue weighted by molar-refractivity contribution is -0.139. The van der Waals surface area contributed by atoms with Gasteiger partial charge < -0.3 is 10.0 Å². The second-order valence-corrected chi connectivity index (χ2v) is 4.94. The topological polar surface area (TPSA) is 60.9 Å². The van der Waals surface area contributed by atoms with E-state index in [0.717, 1.165) is 6.07 Å². The Morgan fingerprint density at radius 2 is 1.81 bits per heavy atom. The lowest BCUT2D eigenvalue weighted by Gasteiger charge is -2.33. The molecule has 21 heavy (non-hydrogen) atoms. The number of rotatable bonds is 4. The van der Waals surface area contributed by atoms with Crippen LogP contribution in [0.2, 0.25) is 0 Å². The number of halogens is 2. The predicted molar refractivity (Wildman–Crippen MR) is 70.7 cm³/mol. The molecule has 0 atom stereocenters. The summed E-state index contributed by atoms with van der Waals surface area (Å²) in [4.78, 5) is 25.9. The van der Waals surface area contributed by atoms with Crippen molar-refractivity contribution in [1.82, 2.24) is 9.80 Å². The summed E-state index contributed by atoms with van der Waals surface area (Å²) < 4.78 is 26.6. The Balaban J connectivity index is 1.90. The molecule has 7 heteroatoms. The van der Waals surface area contributed by atoms with Crippen molar-refractivity contribution in [2.24, 2.45) is 0 Å². The molecule has 1 fully saturated rings. The third kappa shape index (κ3) is 3.98. The number of benzene rings is 1. The molecule has 0 spiro atoms. The van der Waals surface area contributed by atoms with Crippen molar-refractivity contribution in [1.29, 1.82) is 0 Å². The van der Waals surface area contributed by atoms with Gasteiger partial charge in [-0.25, -0.2) is 8.78 Å². The van der Waals surface area contributed by atoms with Gasteiger partial charge in [0, 0.05) is 31.7 Å². The van der Waals surface area contributed by atoms with Crippen LogP contribution >= 0.6 is 0 Å². The number of carboxylic acid groups (broad SMARTS) is 1. The lowest BCUT2D eigenvalue weighted by atomic mass is 10.1. The molecule has 1 heterocycles. The number of nitrogens with zero attached hydrogens (tertiary/aromatic N) is 2. The van der Waals surface area contributed by atoms with Crippen molar-refractivity contribution in [3.05, 3.63) is 35.4 Å². The van der Waals surface area contributed by atoms with Crippen molar-refractivity contribution in [2.75, 3.05) is 32.7 Å². The quantitative estimate of drug-likeness (QED) is 0.890. The highest BCUT2D eigenvalue weighted by Gasteiger charge is 2.23. The van der Waals surface area contributed by atoms with Crippen molar-refractivity contribution in [3.63, 3.8) is 0 Å². The fourth-order valence-electron chi connectivity index (χ4n) is 2.31. The zero-order chi connectivity index (χ0) is 15.4. The standard InChI is InChI=1S/C14H16F2N2O3/c15-11-3-1-2-10(14(11)16)8-12(19)18-6-4-17(5-7-18)9-13(20)21/h1-3H,4-9H2,(H,20,21). The molecule has 0 saturated carbocycles. The molecular weight excluding hydrogens is 282 g/mol. The van der Waals surface area contributed by atoms with E-state index in [-0.39, 0.29) is 24.4 Å². The first kappa shape index (κ1) is 15.4. The van der Waals surface area contributed by atoms with Gasteiger partial charge in [-0.05, 0) is 6.07 Å². The summed E-state index contributed by atoms with van der Waals surface area (Å²) in [5, 5.41) is 8.69. The van der Waals surface area contributed by atoms with Gasteiger partial charge in [-0.1, -0.05) is 12.1 Å². The van der Waals surface area contributed by atoms with Crippen LogP contribution in [0.3, 0.4) is 0 Å². The number of hydrogen-bond donors (Lipinski definition) is 1. The Labute approximate surface area is 120 Å². The van der Waals surface area contributed by atoms with Gasteiger partial charge >= 0.3 is 5.97 Å². The number of piperazine rings is 1. The monoisotopic (exact) mass is 298 g/mol. The smallest absolute Gasteiger partial charge is 0.317 e. The molecule has 1 N–H and O–H groups in total. The fraction of sp³-hybridized carbons (Fsp3) is 0.429. The number of carbonyl (C=O) groups excluding carboxylic acids is 1. The average molecular weight is 298 g/mol. The summed E-state index contributed by atoms with van der Waals surface area (Å²) in [5.74, 6) is -3.15. The van der Waals surface area contributed by atoms with Crippen molar-refractivity contribution < 1.29 is 23.5 Å². The Bertz CT molecular complexity index is 543. The highest BCUT2D eigenvalue weighted by molar-refractivity contribution is 5.79. The first-order valence-electron chi connectivity index (χ1n) is 6.62. The molecule has 0 radical (unpaired) electrons. The molecule has 114 valence electrons. The normalized spacial score (nSPS) is 16.0. The van der Waals surface area contributed by atoms with E-state index < -0.39 is 17.6 Å². The van der Waals surface area contributed by atoms with Crippen LogP contribution < -0.4 is 0 Å². The number of carbonyl (C=O) groups is 2. The maximum absolute atomic E-state index is 13.5. The Morgan fingerprint density at radius 3 is 2.43 bits per heavy atom. The molecule has 1 aliphatic heterocycles. The largest absolute Gasteiger partial charge is 0.480 e. The highest BCUT2D eigenvalue weighted by atomic mass is 19.2. The van der Waals surface area contributed by atoms with Gasteiger partial charge in [0.1, 0.15) is 0 Å². The first-order chi connectivity index (χ1) is 9.97. The van der Waals surface area contributed by atoms with Gasteiger partial charge in [-0.2, -0.15) is 0 Å². The van der Waals surface area contributed by atoms with Crippen LogP contribution in [-0.4, -0.2) is 59.5 Å². The zero-order valence-electron chi connectivity index (χ0n) is 11.4. The molecule has 1 aromatic rings. The Kier molecular flexibility index (Phi) is 4.85. The molecule has 0 unspecified atom stereocenters. The second kappa shape index (κ2) is 6.62. The predicted octanol–water partition coefficient (Wildman–Crippen LogP) is 0.736. The SMILES string of the molecule is O=C(O)CN1CCN(C(=O)Cc2cccc(F)c2F)CC1. The Hall–Kier alpha value is -2.02. The van der Waals surface area contributed by atoms with Crippen molar-refractivity contribution >= 4 is 11.9 Å². The average Bonchev–Trinajstić information content (AvgIpc) is 2.44. The second-order valence-electron chi connectivity index (χ2n) is 4.94. The summed E-state index contributed by atoms with van der Waals surface area (Å²) >= 11 is 0. The molecule has 2 rings (SSSR count). The van der Waals surface area contributed by atoms with E-state index in [1.807, 2.05) is 0 Å². The molecule has 1 aromatic carbocycles. The van der Waals surface area contributed by atoms with E-state index >= 15 is 0 Å². The molecule has 5 nitrogen and oxygen atoms in total. The van der Waals surface area contributed by atoms with E-state index in [9.17, 15) is 18.4 Å².